The van der Waals surface area contributed by atoms with Gasteiger partial charge < -0.3 is 25.8 Å². The zero-order valence-electron chi connectivity index (χ0n) is 22.3. The lowest BCUT2D eigenvalue weighted by Gasteiger charge is -2.39. The van der Waals surface area contributed by atoms with Crippen LogP contribution in [0.4, 0.5) is 25.4 Å². The Hall–Kier alpha value is -4.15. The monoisotopic (exact) mass is 536 g/mol. The molecule has 2 heterocycles. The average molecular weight is 537 g/mol. The highest BCUT2D eigenvalue weighted by Gasteiger charge is 2.55. The van der Waals surface area contributed by atoms with E-state index in [0.29, 0.717) is 35.8 Å². The van der Waals surface area contributed by atoms with Gasteiger partial charge in [-0.2, -0.15) is 0 Å². The molecule has 206 valence electrons. The first-order valence-electron chi connectivity index (χ1n) is 13.2. The summed E-state index contributed by atoms with van der Waals surface area (Å²) in [6.07, 6.45) is 2.37. The summed E-state index contributed by atoms with van der Waals surface area (Å²) in [5.41, 5.74) is 1.34. The van der Waals surface area contributed by atoms with Crippen molar-refractivity contribution in [2.24, 2.45) is 5.92 Å². The second-order valence-electron chi connectivity index (χ2n) is 10.6. The van der Waals surface area contributed by atoms with Gasteiger partial charge in [0.1, 0.15) is 12.4 Å². The van der Waals surface area contributed by atoms with E-state index < -0.39 is 17.5 Å². The van der Waals surface area contributed by atoms with Crippen molar-refractivity contribution in [2.75, 3.05) is 37.4 Å². The molecule has 1 spiro atoms. The molecule has 2 aliphatic heterocycles. The van der Waals surface area contributed by atoms with Crippen LogP contribution in [0.1, 0.15) is 37.3 Å². The van der Waals surface area contributed by atoms with E-state index in [1.807, 2.05) is 18.9 Å². The lowest BCUT2D eigenvalue weighted by molar-refractivity contribution is -0.141. The smallest absolute Gasteiger partial charge is 0.325 e. The molecule has 11 heteroatoms. The van der Waals surface area contributed by atoms with Gasteiger partial charge in [0.2, 0.25) is 5.91 Å². The van der Waals surface area contributed by atoms with Crippen molar-refractivity contribution in [3.05, 3.63) is 59.4 Å². The minimum atomic E-state index is -1.30. The molecule has 2 aromatic rings. The third-order valence-corrected chi connectivity index (χ3v) is 8.03. The predicted molar refractivity (Wildman–Crippen MR) is 143 cm³/mol. The molecule has 2 aromatic carbocycles. The van der Waals surface area contributed by atoms with Gasteiger partial charge in [0, 0.05) is 56.6 Å². The molecule has 1 aliphatic carbocycles. The molecule has 39 heavy (non-hydrogen) atoms. The van der Waals surface area contributed by atoms with Crippen LogP contribution in [0.3, 0.4) is 0 Å². The lowest BCUT2D eigenvalue weighted by atomic mass is 9.82. The molecule has 1 unspecified atom stereocenters. The minimum absolute atomic E-state index is 0.0763. The number of carbonyl (C=O) groups excluding carboxylic acids is 4. The highest BCUT2D eigenvalue weighted by molar-refractivity contribution is 6.10. The van der Waals surface area contributed by atoms with Crippen LogP contribution in [0.5, 0.6) is 0 Å². The van der Waals surface area contributed by atoms with Crippen molar-refractivity contribution >= 4 is 35.3 Å². The van der Waals surface area contributed by atoms with E-state index in [1.165, 1.54) is 19.2 Å². The molecule has 6 amide bonds. The van der Waals surface area contributed by atoms with Gasteiger partial charge in [0.05, 0.1) is 0 Å². The molecule has 0 aromatic heterocycles. The summed E-state index contributed by atoms with van der Waals surface area (Å²) in [6, 6.07) is 10.1. The third-order valence-electron chi connectivity index (χ3n) is 8.03. The van der Waals surface area contributed by atoms with Crippen molar-refractivity contribution in [1.82, 2.24) is 20.4 Å². The number of amides is 6. The molecule has 0 bridgehead atoms. The Morgan fingerprint density at radius 1 is 1.18 bits per heavy atom. The topological polar surface area (TPSA) is 114 Å². The summed E-state index contributed by atoms with van der Waals surface area (Å²) in [5, 5.41) is 8.11. The van der Waals surface area contributed by atoms with E-state index in [-0.39, 0.29) is 36.9 Å². The third kappa shape index (κ3) is 5.00. The second-order valence-corrected chi connectivity index (χ2v) is 10.6. The van der Waals surface area contributed by atoms with E-state index >= 15 is 0 Å². The highest BCUT2D eigenvalue weighted by atomic mass is 19.1. The summed E-state index contributed by atoms with van der Waals surface area (Å²) in [6.45, 7) is 2.34. The van der Waals surface area contributed by atoms with Crippen LogP contribution >= 0.6 is 0 Å². The van der Waals surface area contributed by atoms with Crippen LogP contribution in [0.2, 0.25) is 0 Å². The molecular formula is C28H33FN6O4. The zero-order valence-corrected chi connectivity index (χ0v) is 22.3. The number of carbonyl (C=O) groups is 4. The fourth-order valence-corrected chi connectivity index (χ4v) is 5.50. The van der Waals surface area contributed by atoms with E-state index in [0.717, 1.165) is 23.3 Å². The summed E-state index contributed by atoms with van der Waals surface area (Å²) >= 11 is 0. The molecule has 1 saturated heterocycles. The van der Waals surface area contributed by atoms with Crippen molar-refractivity contribution in [3.63, 3.8) is 0 Å². The van der Waals surface area contributed by atoms with Gasteiger partial charge in [-0.05, 0) is 55.5 Å². The number of benzene rings is 2. The fourth-order valence-electron chi connectivity index (χ4n) is 5.50. The van der Waals surface area contributed by atoms with Crippen LogP contribution < -0.4 is 20.9 Å². The number of fused-ring (bicyclic) bond motifs is 2. The Labute approximate surface area is 226 Å². The van der Waals surface area contributed by atoms with Crippen LogP contribution in [-0.2, 0) is 21.7 Å². The summed E-state index contributed by atoms with van der Waals surface area (Å²) in [5.74, 6) is -0.797. The van der Waals surface area contributed by atoms with Crippen molar-refractivity contribution in [2.45, 2.75) is 44.3 Å². The lowest BCUT2D eigenvalue weighted by Crippen LogP contribution is -2.51. The van der Waals surface area contributed by atoms with Crippen LogP contribution in [0.25, 0.3) is 0 Å². The molecule has 3 aliphatic rings. The van der Waals surface area contributed by atoms with Gasteiger partial charge in [-0.15, -0.1) is 0 Å². The molecule has 5 rings (SSSR count). The largest absolute Gasteiger partial charge is 0.374 e. The number of anilines is 2. The van der Waals surface area contributed by atoms with Crippen LogP contribution in [0, 0.1) is 11.7 Å². The molecule has 1 saturated carbocycles. The van der Waals surface area contributed by atoms with Crippen LogP contribution in [-0.4, -0.2) is 66.9 Å². The Kier molecular flexibility index (Phi) is 6.92. The van der Waals surface area contributed by atoms with Gasteiger partial charge in [0.15, 0.2) is 5.54 Å². The minimum Gasteiger partial charge on any atom is -0.374 e. The number of halogens is 1. The first kappa shape index (κ1) is 26.5. The Morgan fingerprint density at radius 2 is 1.90 bits per heavy atom. The molecule has 10 nitrogen and oxygen atoms in total. The molecular weight excluding hydrogens is 503 g/mol. The number of imide groups is 1. The number of rotatable bonds is 7. The van der Waals surface area contributed by atoms with Gasteiger partial charge >= 0.3 is 12.1 Å². The normalized spacial score (nSPS) is 20.9. The second kappa shape index (κ2) is 10.2. The van der Waals surface area contributed by atoms with E-state index in [2.05, 4.69) is 16.0 Å². The van der Waals surface area contributed by atoms with Gasteiger partial charge in [-0.25, -0.2) is 14.0 Å². The maximum absolute atomic E-state index is 13.9. The maximum Gasteiger partial charge on any atom is 0.325 e. The van der Waals surface area contributed by atoms with E-state index in [9.17, 15) is 23.6 Å². The van der Waals surface area contributed by atoms with Crippen molar-refractivity contribution in [3.8, 4) is 0 Å². The Morgan fingerprint density at radius 3 is 2.56 bits per heavy atom. The summed E-state index contributed by atoms with van der Waals surface area (Å²) < 4.78 is 13.4. The maximum atomic E-state index is 13.9. The Balaban J connectivity index is 1.39. The molecule has 2 fully saturated rings. The fraction of sp³-hybridized carbons (Fsp3) is 0.429. The van der Waals surface area contributed by atoms with Gasteiger partial charge in [-0.3, -0.25) is 14.5 Å². The first-order valence-corrected chi connectivity index (χ1v) is 13.2. The van der Waals surface area contributed by atoms with Crippen molar-refractivity contribution < 1.29 is 23.6 Å². The molecule has 0 radical (unpaired) electrons. The number of hydrogen-bond donors (Lipinski definition) is 3. The van der Waals surface area contributed by atoms with E-state index in [4.69, 9.17) is 0 Å². The number of urea groups is 2. The number of nitrogens with zero attached hydrogens (tertiary/aromatic N) is 3. The summed E-state index contributed by atoms with van der Waals surface area (Å²) in [7, 11) is 3.40. The predicted octanol–water partition coefficient (Wildman–Crippen LogP) is 2.99. The van der Waals surface area contributed by atoms with Crippen molar-refractivity contribution in [1.29, 1.82) is 0 Å². The quantitative estimate of drug-likeness (QED) is 0.471. The Bertz CT molecular complexity index is 1310. The van der Waals surface area contributed by atoms with Gasteiger partial charge in [0.25, 0.3) is 5.91 Å². The SMILES string of the molecule is CNC(=O)Nc1ccc2c(c1)N(C)CCC21NC(=O)N(CC(=O)N(Cc2ccc(F)cc2)[C@@H](C)C2CC2)C1=O. The van der Waals surface area contributed by atoms with Crippen LogP contribution in [0.15, 0.2) is 42.5 Å². The molecule has 3 N–H and O–H groups in total. The number of nitrogens with one attached hydrogen (secondary N) is 3. The average Bonchev–Trinajstić information content (AvgIpc) is 3.74. The number of hydrogen-bond acceptors (Lipinski definition) is 5. The standard InChI is InChI=1S/C28H33FN6O4/c1-17(19-6-7-19)34(15-18-4-8-20(29)9-5-18)24(36)16-35-25(37)28(32-27(35)39)12-13-33(3)23-14-21(10-11-22(23)28)31-26(38)30-2/h4-5,8-11,14,17,19H,6-7,12-13,15-16H2,1-3H3,(H,32,39)(H2,30,31,38)/t17-,28?/m0/s1. The molecule has 2 atom stereocenters. The van der Waals surface area contributed by atoms with Gasteiger partial charge in [-0.1, -0.05) is 18.2 Å². The van der Waals surface area contributed by atoms with E-state index in [1.54, 1.807) is 35.2 Å². The summed E-state index contributed by atoms with van der Waals surface area (Å²) in [4.78, 5) is 57.1. The highest BCUT2D eigenvalue weighted by Crippen LogP contribution is 2.43. The first-order chi connectivity index (χ1) is 18.6. The zero-order chi connectivity index (χ0) is 27.9.